The Hall–Kier alpha value is -1.10. The van der Waals surface area contributed by atoms with Gasteiger partial charge < -0.3 is 10.7 Å². The Morgan fingerprint density at radius 1 is 1.73 bits per heavy atom. The van der Waals surface area contributed by atoms with Crippen molar-refractivity contribution in [3.05, 3.63) is 22.4 Å². The van der Waals surface area contributed by atoms with Crippen LogP contribution in [0.4, 0.5) is 0 Å². The number of nitrogens with zero attached hydrogens (tertiary/aromatic N) is 1. The molecule has 0 saturated heterocycles. The average molecular weight is 215 g/mol. The number of aromatic nitrogens is 1. The number of aromatic amines is 1. The molecule has 0 amide bonds. The lowest BCUT2D eigenvalue weighted by atomic mass is 10.4. The average Bonchev–Trinajstić information content (AvgIpc) is 2.36. The van der Waals surface area contributed by atoms with Gasteiger partial charge in [-0.2, -0.15) is 0 Å². The molecule has 0 atom stereocenters. The second kappa shape index (κ2) is 3.34. The lowest BCUT2D eigenvalue weighted by Crippen LogP contribution is -2.13. The lowest BCUT2D eigenvalue weighted by Gasteiger charge is -1.91. The standard InChI is InChI=1S/C6H7BrN4/c7-5-2-1-4(11-5)6(9)10-3-8/h1-3,11H,(H3,8,9,10). The van der Waals surface area contributed by atoms with Gasteiger partial charge in [0.1, 0.15) is 12.2 Å². The van der Waals surface area contributed by atoms with Gasteiger partial charge in [0.25, 0.3) is 0 Å². The van der Waals surface area contributed by atoms with Crippen LogP contribution in [0.2, 0.25) is 0 Å². The van der Waals surface area contributed by atoms with Gasteiger partial charge in [0.2, 0.25) is 0 Å². The van der Waals surface area contributed by atoms with Crippen LogP contribution in [-0.4, -0.2) is 17.2 Å². The smallest absolute Gasteiger partial charge is 0.148 e. The molecular weight excluding hydrogens is 208 g/mol. The zero-order valence-electron chi connectivity index (χ0n) is 5.63. The van der Waals surface area contributed by atoms with Crippen molar-refractivity contribution in [2.45, 2.75) is 0 Å². The lowest BCUT2D eigenvalue weighted by molar-refractivity contribution is 1.31. The Kier molecular flexibility index (Phi) is 2.43. The highest BCUT2D eigenvalue weighted by Crippen LogP contribution is 2.07. The molecule has 11 heavy (non-hydrogen) atoms. The van der Waals surface area contributed by atoms with Gasteiger partial charge in [-0.25, -0.2) is 4.99 Å². The first-order valence-corrected chi connectivity index (χ1v) is 3.70. The van der Waals surface area contributed by atoms with Crippen LogP contribution in [-0.2, 0) is 0 Å². The first-order valence-electron chi connectivity index (χ1n) is 2.91. The van der Waals surface area contributed by atoms with E-state index in [1.807, 2.05) is 6.07 Å². The number of hydrogen-bond acceptors (Lipinski definition) is 1. The number of halogens is 1. The molecule has 4 N–H and O–H groups in total. The first-order chi connectivity index (χ1) is 5.24. The molecule has 0 aliphatic rings. The molecular formula is C6H7BrN4. The molecule has 0 aliphatic heterocycles. The normalized spacial score (nSPS) is 11.5. The van der Waals surface area contributed by atoms with Crippen LogP contribution < -0.4 is 5.73 Å². The molecule has 5 heteroatoms. The van der Waals surface area contributed by atoms with Gasteiger partial charge in [0.05, 0.1) is 10.3 Å². The van der Waals surface area contributed by atoms with Crippen molar-refractivity contribution >= 4 is 28.1 Å². The van der Waals surface area contributed by atoms with E-state index in [2.05, 4.69) is 25.9 Å². The third kappa shape index (κ3) is 1.91. The van der Waals surface area contributed by atoms with Gasteiger partial charge >= 0.3 is 0 Å². The van der Waals surface area contributed by atoms with Crippen LogP contribution in [0.3, 0.4) is 0 Å². The van der Waals surface area contributed by atoms with E-state index < -0.39 is 0 Å². The van der Waals surface area contributed by atoms with E-state index in [0.717, 1.165) is 10.9 Å². The number of H-pyrrole nitrogens is 1. The van der Waals surface area contributed by atoms with E-state index in [-0.39, 0.29) is 0 Å². The largest absolute Gasteiger partial charge is 0.382 e. The summed E-state index contributed by atoms with van der Waals surface area (Å²) in [7, 11) is 0. The topological polar surface area (TPSA) is 78.0 Å². The Morgan fingerprint density at radius 2 is 2.45 bits per heavy atom. The molecule has 0 saturated carbocycles. The summed E-state index contributed by atoms with van der Waals surface area (Å²) < 4.78 is 0.843. The zero-order valence-corrected chi connectivity index (χ0v) is 7.22. The minimum absolute atomic E-state index is 0.311. The van der Waals surface area contributed by atoms with Crippen molar-refractivity contribution in [1.29, 1.82) is 5.41 Å². The molecule has 4 nitrogen and oxygen atoms in total. The molecule has 1 rings (SSSR count). The number of amidine groups is 1. The van der Waals surface area contributed by atoms with Crippen molar-refractivity contribution in [2.24, 2.45) is 10.7 Å². The molecule has 0 unspecified atom stereocenters. The van der Waals surface area contributed by atoms with Crippen molar-refractivity contribution < 1.29 is 0 Å². The Bertz CT molecular complexity index is 289. The van der Waals surface area contributed by atoms with Crippen LogP contribution in [0.5, 0.6) is 0 Å². The second-order valence-electron chi connectivity index (χ2n) is 1.86. The Balaban J connectivity index is 2.93. The summed E-state index contributed by atoms with van der Waals surface area (Å²) >= 11 is 3.23. The molecule has 0 bridgehead atoms. The summed E-state index contributed by atoms with van der Waals surface area (Å²) in [6.45, 7) is 0. The van der Waals surface area contributed by atoms with Crippen molar-refractivity contribution in [2.75, 3.05) is 0 Å². The summed E-state index contributed by atoms with van der Waals surface area (Å²) in [6.07, 6.45) is 0.907. The minimum atomic E-state index is 0.311. The monoisotopic (exact) mass is 214 g/mol. The minimum Gasteiger partial charge on any atom is -0.382 e. The molecule has 0 aromatic carbocycles. The maximum absolute atomic E-state index is 6.67. The molecule has 0 fully saturated rings. The highest BCUT2D eigenvalue weighted by Gasteiger charge is 1.98. The summed E-state index contributed by atoms with van der Waals surface area (Å²) in [5, 5.41) is 6.67. The van der Waals surface area contributed by atoms with Crippen molar-refractivity contribution in [1.82, 2.24) is 4.98 Å². The van der Waals surface area contributed by atoms with Gasteiger partial charge in [-0.05, 0) is 28.1 Å². The fourth-order valence-electron chi connectivity index (χ4n) is 0.657. The van der Waals surface area contributed by atoms with Gasteiger partial charge in [0, 0.05) is 0 Å². The summed E-state index contributed by atoms with van der Waals surface area (Å²) in [4.78, 5) is 6.51. The molecule has 0 spiro atoms. The number of aliphatic imine (C=N–C) groups is 1. The molecule has 0 radical (unpaired) electrons. The van der Waals surface area contributed by atoms with Gasteiger partial charge in [-0.3, -0.25) is 5.41 Å². The van der Waals surface area contributed by atoms with E-state index >= 15 is 0 Å². The van der Waals surface area contributed by atoms with Crippen LogP contribution in [0.1, 0.15) is 5.69 Å². The quantitative estimate of drug-likeness (QED) is 0.501. The third-order valence-electron chi connectivity index (χ3n) is 1.13. The highest BCUT2D eigenvalue weighted by atomic mass is 79.9. The number of rotatable bonds is 2. The van der Waals surface area contributed by atoms with E-state index in [9.17, 15) is 0 Å². The van der Waals surface area contributed by atoms with Gasteiger partial charge in [-0.15, -0.1) is 0 Å². The van der Waals surface area contributed by atoms with Crippen LogP contribution in [0, 0.1) is 5.41 Å². The van der Waals surface area contributed by atoms with Crippen LogP contribution in [0.25, 0.3) is 0 Å². The molecule has 1 aromatic heterocycles. The highest BCUT2D eigenvalue weighted by molar-refractivity contribution is 9.10. The van der Waals surface area contributed by atoms with Gasteiger partial charge in [-0.1, -0.05) is 0 Å². The van der Waals surface area contributed by atoms with E-state index in [4.69, 9.17) is 11.1 Å². The first kappa shape index (κ1) is 8.00. The maximum Gasteiger partial charge on any atom is 0.148 e. The maximum atomic E-state index is 6.67. The number of nitrogens with two attached hydrogens (primary N) is 1. The molecule has 58 valence electrons. The number of nitrogens with one attached hydrogen (secondary N) is 2. The zero-order chi connectivity index (χ0) is 8.27. The Labute approximate surface area is 72.2 Å². The predicted molar refractivity (Wildman–Crippen MR) is 48.0 cm³/mol. The van der Waals surface area contributed by atoms with Gasteiger partial charge in [0.15, 0.2) is 0 Å². The number of hydrogen-bond donors (Lipinski definition) is 3. The molecule has 1 aromatic rings. The molecule has 1 heterocycles. The predicted octanol–water partition coefficient (Wildman–Crippen LogP) is 1.09. The second-order valence-corrected chi connectivity index (χ2v) is 2.72. The van der Waals surface area contributed by atoms with Crippen LogP contribution >= 0.6 is 15.9 Å². The fraction of sp³-hybridized carbons (Fsp3) is 0. The van der Waals surface area contributed by atoms with Crippen molar-refractivity contribution in [3.8, 4) is 0 Å². The third-order valence-corrected chi connectivity index (χ3v) is 1.59. The van der Waals surface area contributed by atoms with E-state index in [1.54, 1.807) is 6.07 Å². The van der Waals surface area contributed by atoms with E-state index in [0.29, 0.717) is 11.5 Å². The van der Waals surface area contributed by atoms with Crippen molar-refractivity contribution in [3.63, 3.8) is 0 Å². The summed E-state index contributed by atoms with van der Waals surface area (Å²) in [5.41, 5.74) is 6.17. The van der Waals surface area contributed by atoms with Crippen LogP contribution in [0.15, 0.2) is 21.7 Å². The SMILES string of the molecule is N=C/N=C(/N)c1ccc(Br)[nH]1. The van der Waals surface area contributed by atoms with E-state index in [1.165, 1.54) is 0 Å². The molecule has 0 aliphatic carbocycles. The summed E-state index contributed by atoms with van der Waals surface area (Å²) in [5.74, 6) is 0.311. The Morgan fingerprint density at radius 3 is 2.91 bits per heavy atom. The fourth-order valence-corrected chi connectivity index (χ4v) is 1.00. The summed E-state index contributed by atoms with van der Waals surface area (Å²) in [6, 6.07) is 3.61.